The first kappa shape index (κ1) is 23.3. The average molecular weight is 483 g/mol. The lowest BCUT2D eigenvalue weighted by Crippen LogP contribution is -2.43. The standard InChI is InChI=1S/C25H24F3N5O2/c26-14-4-2-5-15(27)22(14)23-16(28)9-18(30)24(33-23)25(34)32-19-11-31-8-7-13(19)21-10-17(29)12-3-1-6-20(12)35-21/h2,4-5,7-9,11-12,17,20-21H,1,3,6,10,29-30H2,(H,32,34)/t12-,17?,20?,21?/m1/s1. The fourth-order valence-corrected chi connectivity index (χ4v) is 5.06. The molecule has 2 fully saturated rings. The topological polar surface area (TPSA) is 116 Å². The monoisotopic (exact) mass is 483 g/mol. The summed E-state index contributed by atoms with van der Waals surface area (Å²) in [5.74, 6) is -3.54. The molecule has 4 atom stereocenters. The van der Waals surface area contributed by atoms with Crippen LogP contribution in [0.3, 0.4) is 0 Å². The van der Waals surface area contributed by atoms with Gasteiger partial charge in [0, 0.05) is 29.8 Å². The van der Waals surface area contributed by atoms with Crippen LogP contribution in [0.25, 0.3) is 11.3 Å². The fourth-order valence-electron chi connectivity index (χ4n) is 5.06. The number of fused-ring (bicyclic) bond motifs is 1. The number of nitrogens with two attached hydrogens (primary N) is 2. The molecule has 1 saturated heterocycles. The normalized spacial score (nSPS) is 23.7. The van der Waals surface area contributed by atoms with Crippen molar-refractivity contribution in [2.75, 3.05) is 11.1 Å². The van der Waals surface area contributed by atoms with Gasteiger partial charge in [0.1, 0.15) is 17.3 Å². The van der Waals surface area contributed by atoms with E-state index in [2.05, 4.69) is 15.3 Å². The Labute approximate surface area is 199 Å². The molecule has 182 valence electrons. The molecule has 1 saturated carbocycles. The van der Waals surface area contributed by atoms with Crippen molar-refractivity contribution in [3.05, 3.63) is 71.4 Å². The van der Waals surface area contributed by atoms with Crippen LogP contribution in [0.15, 0.2) is 42.7 Å². The van der Waals surface area contributed by atoms with E-state index in [0.29, 0.717) is 23.6 Å². The average Bonchev–Trinajstić information content (AvgIpc) is 3.30. The van der Waals surface area contributed by atoms with Gasteiger partial charge in [-0.3, -0.25) is 9.78 Å². The second-order valence-corrected chi connectivity index (χ2v) is 8.93. The Kier molecular flexibility index (Phi) is 6.16. The maximum absolute atomic E-state index is 14.6. The summed E-state index contributed by atoms with van der Waals surface area (Å²) >= 11 is 0. The van der Waals surface area contributed by atoms with Crippen molar-refractivity contribution in [2.24, 2.45) is 11.7 Å². The minimum Gasteiger partial charge on any atom is -0.397 e. The molecular formula is C25H24F3N5O2. The zero-order chi connectivity index (χ0) is 24.7. The largest absolute Gasteiger partial charge is 0.397 e. The Morgan fingerprint density at radius 3 is 2.66 bits per heavy atom. The highest BCUT2D eigenvalue weighted by Gasteiger charge is 2.40. The molecule has 5 N–H and O–H groups in total. The number of nitrogens with one attached hydrogen (secondary N) is 1. The number of halogens is 3. The quantitative estimate of drug-likeness (QED) is 0.508. The van der Waals surface area contributed by atoms with Crippen molar-refractivity contribution in [1.29, 1.82) is 0 Å². The molecule has 2 aliphatic rings. The van der Waals surface area contributed by atoms with Crippen LogP contribution < -0.4 is 16.8 Å². The molecule has 0 spiro atoms. The maximum atomic E-state index is 14.6. The van der Waals surface area contributed by atoms with Crippen molar-refractivity contribution in [1.82, 2.24) is 9.97 Å². The van der Waals surface area contributed by atoms with Crippen molar-refractivity contribution in [3.8, 4) is 11.3 Å². The molecular weight excluding hydrogens is 459 g/mol. The van der Waals surface area contributed by atoms with Gasteiger partial charge in [0.25, 0.3) is 5.91 Å². The van der Waals surface area contributed by atoms with Crippen molar-refractivity contribution < 1.29 is 22.7 Å². The Hall–Kier alpha value is -3.50. The first-order valence-corrected chi connectivity index (χ1v) is 11.4. The van der Waals surface area contributed by atoms with Gasteiger partial charge < -0.3 is 21.5 Å². The summed E-state index contributed by atoms with van der Waals surface area (Å²) in [5.41, 5.74) is 11.3. The third-order valence-corrected chi connectivity index (χ3v) is 6.75. The molecule has 0 bridgehead atoms. The van der Waals surface area contributed by atoms with Crippen LogP contribution in [0.1, 0.15) is 47.8 Å². The first-order valence-electron chi connectivity index (χ1n) is 11.4. The molecule has 5 rings (SSSR count). The van der Waals surface area contributed by atoms with Gasteiger partial charge in [-0.1, -0.05) is 12.5 Å². The van der Waals surface area contributed by atoms with Gasteiger partial charge in [-0.05, 0) is 37.5 Å². The summed E-state index contributed by atoms with van der Waals surface area (Å²) in [4.78, 5) is 21.1. The summed E-state index contributed by atoms with van der Waals surface area (Å²) in [6.07, 6.45) is 6.39. The Morgan fingerprint density at radius 2 is 1.89 bits per heavy atom. The molecule has 35 heavy (non-hydrogen) atoms. The van der Waals surface area contributed by atoms with E-state index in [1.54, 1.807) is 12.3 Å². The lowest BCUT2D eigenvalue weighted by atomic mass is 9.87. The lowest BCUT2D eigenvalue weighted by Gasteiger charge is -2.37. The van der Waals surface area contributed by atoms with Gasteiger partial charge in [0.05, 0.1) is 35.3 Å². The van der Waals surface area contributed by atoms with E-state index in [0.717, 1.165) is 43.5 Å². The third-order valence-electron chi connectivity index (χ3n) is 6.75. The number of aromatic nitrogens is 2. The summed E-state index contributed by atoms with van der Waals surface area (Å²) in [7, 11) is 0. The molecule has 3 aromatic rings. The maximum Gasteiger partial charge on any atom is 0.276 e. The van der Waals surface area contributed by atoms with Crippen LogP contribution in [-0.4, -0.2) is 28.0 Å². The van der Waals surface area contributed by atoms with E-state index in [1.807, 2.05) is 0 Å². The molecule has 3 unspecified atom stereocenters. The number of nitrogens with zero attached hydrogens (tertiary/aromatic N) is 2. The van der Waals surface area contributed by atoms with Crippen LogP contribution in [0.2, 0.25) is 0 Å². The number of anilines is 2. The highest BCUT2D eigenvalue weighted by Crippen LogP contribution is 2.43. The molecule has 1 amide bonds. The van der Waals surface area contributed by atoms with Crippen LogP contribution in [-0.2, 0) is 4.74 Å². The number of rotatable bonds is 4. The highest BCUT2D eigenvalue weighted by atomic mass is 19.1. The summed E-state index contributed by atoms with van der Waals surface area (Å²) < 4.78 is 49.4. The second-order valence-electron chi connectivity index (χ2n) is 8.93. The van der Waals surface area contributed by atoms with Gasteiger partial charge >= 0.3 is 0 Å². The Balaban J connectivity index is 1.45. The lowest BCUT2D eigenvalue weighted by molar-refractivity contribution is -0.0800. The molecule has 0 radical (unpaired) electrons. The number of benzene rings is 1. The Bertz CT molecular complexity index is 1270. The van der Waals surface area contributed by atoms with Crippen molar-refractivity contribution >= 4 is 17.3 Å². The number of carbonyl (C=O) groups excluding carboxylic acids is 1. The van der Waals surface area contributed by atoms with Crippen LogP contribution >= 0.6 is 0 Å². The molecule has 2 aromatic heterocycles. The number of ether oxygens (including phenoxy) is 1. The van der Waals surface area contributed by atoms with E-state index in [-0.39, 0.29) is 29.6 Å². The van der Waals surface area contributed by atoms with Gasteiger partial charge in [-0.2, -0.15) is 0 Å². The van der Waals surface area contributed by atoms with E-state index >= 15 is 0 Å². The SMILES string of the molecule is Nc1cc(F)c(-c2c(F)cccc2F)nc1C(=O)Nc1cnccc1C1CC(N)[C@H]2CCCC2O1. The molecule has 7 nitrogen and oxygen atoms in total. The van der Waals surface area contributed by atoms with E-state index in [1.165, 1.54) is 6.20 Å². The zero-order valence-electron chi connectivity index (χ0n) is 18.7. The zero-order valence-corrected chi connectivity index (χ0v) is 18.7. The minimum absolute atomic E-state index is 0.0226. The number of nitrogen functional groups attached to an aromatic ring is 1. The van der Waals surface area contributed by atoms with E-state index in [4.69, 9.17) is 16.2 Å². The van der Waals surface area contributed by atoms with Crippen molar-refractivity contribution in [2.45, 2.75) is 43.9 Å². The predicted molar refractivity (Wildman–Crippen MR) is 124 cm³/mol. The van der Waals surface area contributed by atoms with Gasteiger partial charge in [0.15, 0.2) is 11.5 Å². The highest BCUT2D eigenvalue weighted by molar-refractivity contribution is 6.06. The van der Waals surface area contributed by atoms with E-state index in [9.17, 15) is 18.0 Å². The summed E-state index contributed by atoms with van der Waals surface area (Å²) in [6.45, 7) is 0. The van der Waals surface area contributed by atoms with Gasteiger partial charge in [-0.25, -0.2) is 18.2 Å². The molecule has 1 aliphatic heterocycles. The molecule has 10 heteroatoms. The molecule has 3 heterocycles. The molecule has 1 aliphatic carbocycles. The van der Waals surface area contributed by atoms with Crippen LogP contribution in [0.4, 0.5) is 24.5 Å². The van der Waals surface area contributed by atoms with Gasteiger partial charge in [0.2, 0.25) is 0 Å². The van der Waals surface area contributed by atoms with Crippen LogP contribution in [0, 0.1) is 23.4 Å². The minimum atomic E-state index is -1.05. The van der Waals surface area contributed by atoms with E-state index < -0.39 is 34.6 Å². The summed E-state index contributed by atoms with van der Waals surface area (Å²) in [6, 6.07) is 5.63. The number of hydrogen-bond acceptors (Lipinski definition) is 6. The smallest absolute Gasteiger partial charge is 0.276 e. The number of amides is 1. The molecule has 1 aromatic carbocycles. The number of hydrogen-bond donors (Lipinski definition) is 3. The second kappa shape index (κ2) is 9.27. The Morgan fingerprint density at radius 1 is 1.11 bits per heavy atom. The number of carbonyl (C=O) groups is 1. The third kappa shape index (κ3) is 4.35. The predicted octanol–water partition coefficient (Wildman–Crippen LogP) is 4.35. The summed E-state index contributed by atoms with van der Waals surface area (Å²) in [5, 5.41) is 2.69. The van der Waals surface area contributed by atoms with Crippen molar-refractivity contribution in [3.63, 3.8) is 0 Å². The fraction of sp³-hybridized carbons (Fsp3) is 0.320. The van der Waals surface area contributed by atoms with Gasteiger partial charge in [-0.15, -0.1) is 0 Å². The van der Waals surface area contributed by atoms with Crippen LogP contribution in [0.5, 0.6) is 0 Å². The first-order chi connectivity index (χ1) is 16.8. The number of pyridine rings is 2.